The molecule has 0 radical (unpaired) electrons. The average molecular weight is 549 g/mol. The second kappa shape index (κ2) is 10.6. The molecule has 202 valence electrons. The van der Waals surface area contributed by atoms with E-state index in [0.29, 0.717) is 62.3 Å². The molecule has 2 fully saturated rings. The number of amides is 2. The number of hydrogen-bond acceptors (Lipinski definition) is 7. The van der Waals surface area contributed by atoms with Gasteiger partial charge in [0.1, 0.15) is 11.3 Å². The Balaban J connectivity index is 1.50. The number of benzene rings is 1. The maximum Gasteiger partial charge on any atom is 0.407 e. The molecule has 38 heavy (non-hydrogen) atoms. The number of fused-ring (bicyclic) bond motifs is 1. The maximum absolute atomic E-state index is 14.6. The number of carboxylic acid groups (broad SMARTS) is 1. The summed E-state index contributed by atoms with van der Waals surface area (Å²) in [4.78, 5) is 38.1. The number of carbonyl (C=O) groups excluding carboxylic acids is 1. The Kier molecular flexibility index (Phi) is 7.19. The van der Waals surface area contributed by atoms with E-state index in [2.05, 4.69) is 25.6 Å². The third-order valence-electron chi connectivity index (χ3n) is 7.17. The van der Waals surface area contributed by atoms with E-state index in [0.717, 1.165) is 18.6 Å². The number of primary amides is 1. The van der Waals surface area contributed by atoms with Gasteiger partial charge in [0.2, 0.25) is 17.8 Å². The summed E-state index contributed by atoms with van der Waals surface area (Å²) < 4.78 is 30.1. The summed E-state index contributed by atoms with van der Waals surface area (Å²) in [6.45, 7) is 0.786. The van der Waals surface area contributed by atoms with Gasteiger partial charge in [0.15, 0.2) is 11.5 Å². The second-order valence-electron chi connectivity index (χ2n) is 9.70. The minimum absolute atomic E-state index is 0.127. The molecule has 2 amide bonds. The van der Waals surface area contributed by atoms with Gasteiger partial charge < -0.3 is 26.4 Å². The fourth-order valence-electron chi connectivity index (χ4n) is 5.24. The number of rotatable bonds is 6. The number of aromatic nitrogens is 4. The number of imidazole rings is 1. The summed E-state index contributed by atoms with van der Waals surface area (Å²) >= 11 is 6.13. The van der Waals surface area contributed by atoms with Crippen molar-refractivity contribution in [2.45, 2.75) is 50.6 Å². The Morgan fingerprint density at radius 1 is 1.13 bits per heavy atom. The van der Waals surface area contributed by atoms with Crippen molar-refractivity contribution in [3.05, 3.63) is 35.0 Å². The normalized spacial score (nSPS) is 21.9. The highest BCUT2D eigenvalue weighted by atomic mass is 35.5. The molecule has 5 N–H and O–H groups in total. The SMILES string of the molecule is NC(=O)[C@H]1CC[C@@H](n2c(Nc3c(F)cc(F)cc3Cl)nc3cnc(NC4CCCN(C(=O)O)C4)nc32)CC1. The molecule has 3 heterocycles. The van der Waals surface area contributed by atoms with Crippen LogP contribution in [0.15, 0.2) is 18.3 Å². The molecule has 0 spiro atoms. The van der Waals surface area contributed by atoms with Crippen molar-refractivity contribution in [2.24, 2.45) is 11.7 Å². The largest absolute Gasteiger partial charge is 0.465 e. The Morgan fingerprint density at radius 3 is 2.58 bits per heavy atom. The lowest BCUT2D eigenvalue weighted by Gasteiger charge is -2.31. The highest BCUT2D eigenvalue weighted by molar-refractivity contribution is 6.33. The minimum atomic E-state index is -0.972. The number of likely N-dealkylation sites (tertiary alicyclic amines) is 1. The number of nitrogens with zero attached hydrogens (tertiary/aromatic N) is 5. The van der Waals surface area contributed by atoms with Crippen molar-refractivity contribution in [3.8, 4) is 0 Å². The van der Waals surface area contributed by atoms with E-state index in [4.69, 9.17) is 17.3 Å². The molecule has 1 aliphatic carbocycles. The number of anilines is 3. The summed E-state index contributed by atoms with van der Waals surface area (Å²) in [5.41, 5.74) is 6.29. The predicted molar refractivity (Wildman–Crippen MR) is 136 cm³/mol. The van der Waals surface area contributed by atoms with Gasteiger partial charge in [-0.05, 0) is 44.6 Å². The first-order valence-electron chi connectivity index (χ1n) is 12.4. The number of hydrogen-bond donors (Lipinski definition) is 4. The van der Waals surface area contributed by atoms with Crippen molar-refractivity contribution in [1.29, 1.82) is 0 Å². The van der Waals surface area contributed by atoms with E-state index < -0.39 is 17.7 Å². The van der Waals surface area contributed by atoms with E-state index in [9.17, 15) is 23.5 Å². The number of halogens is 3. The molecular formula is C24H27ClF2N8O3. The van der Waals surface area contributed by atoms with Crippen LogP contribution in [0.3, 0.4) is 0 Å². The van der Waals surface area contributed by atoms with Crippen molar-refractivity contribution < 1.29 is 23.5 Å². The van der Waals surface area contributed by atoms with Crippen LogP contribution in [0.2, 0.25) is 5.02 Å². The zero-order chi connectivity index (χ0) is 27.0. The average Bonchev–Trinajstić information content (AvgIpc) is 3.23. The van der Waals surface area contributed by atoms with Gasteiger partial charge in [-0.25, -0.2) is 23.5 Å². The van der Waals surface area contributed by atoms with Crippen molar-refractivity contribution >= 4 is 52.3 Å². The van der Waals surface area contributed by atoms with Gasteiger partial charge in [-0.2, -0.15) is 4.98 Å². The van der Waals surface area contributed by atoms with Gasteiger partial charge in [-0.3, -0.25) is 9.36 Å². The van der Waals surface area contributed by atoms with Crippen molar-refractivity contribution in [1.82, 2.24) is 24.4 Å². The molecule has 1 unspecified atom stereocenters. The monoisotopic (exact) mass is 548 g/mol. The molecule has 14 heteroatoms. The lowest BCUT2D eigenvalue weighted by atomic mass is 9.85. The standard InChI is InChI=1S/C24H27ClF2N8O3/c25-16-8-13(26)9-17(27)19(16)32-23-31-18-10-29-22(30-14-2-1-7-34(11-14)24(37)38)33-21(18)35(23)15-5-3-12(4-6-15)20(28)36/h8-10,12,14-15H,1-7,11H2,(H2,28,36)(H,31,32)(H,37,38)(H,29,30,33)/t12-,14?,15+. The topological polar surface area (TPSA) is 151 Å². The summed E-state index contributed by atoms with van der Waals surface area (Å²) in [6, 6.07) is 1.43. The third-order valence-corrected chi connectivity index (χ3v) is 7.46. The molecule has 0 bridgehead atoms. The molecule has 1 aliphatic heterocycles. The lowest BCUT2D eigenvalue weighted by Crippen LogP contribution is -2.44. The molecule has 3 aromatic rings. The second-order valence-corrected chi connectivity index (χ2v) is 10.1. The molecule has 1 saturated heterocycles. The van der Waals surface area contributed by atoms with Crippen LogP contribution in [0, 0.1) is 17.6 Å². The van der Waals surface area contributed by atoms with E-state index in [1.807, 2.05) is 4.57 Å². The summed E-state index contributed by atoms with van der Waals surface area (Å²) in [6.07, 6.45) is 4.40. The molecule has 2 aromatic heterocycles. The zero-order valence-corrected chi connectivity index (χ0v) is 21.1. The van der Waals surface area contributed by atoms with Gasteiger partial charge >= 0.3 is 6.09 Å². The number of piperidine rings is 1. The predicted octanol–water partition coefficient (Wildman–Crippen LogP) is 4.27. The van der Waals surface area contributed by atoms with Crippen LogP contribution < -0.4 is 16.4 Å². The van der Waals surface area contributed by atoms with Crippen LogP contribution >= 0.6 is 11.6 Å². The Morgan fingerprint density at radius 2 is 1.89 bits per heavy atom. The fraction of sp³-hybridized carbons (Fsp3) is 0.458. The van der Waals surface area contributed by atoms with E-state index in [-0.39, 0.29) is 40.6 Å². The van der Waals surface area contributed by atoms with Crippen molar-refractivity contribution in [2.75, 3.05) is 23.7 Å². The molecule has 1 atom stereocenters. The van der Waals surface area contributed by atoms with Crippen LogP contribution in [-0.2, 0) is 4.79 Å². The van der Waals surface area contributed by atoms with Crippen molar-refractivity contribution in [3.63, 3.8) is 0 Å². The molecule has 11 nitrogen and oxygen atoms in total. The lowest BCUT2D eigenvalue weighted by molar-refractivity contribution is -0.122. The first kappa shape index (κ1) is 25.9. The summed E-state index contributed by atoms with van der Waals surface area (Å²) in [7, 11) is 0. The van der Waals surface area contributed by atoms with Gasteiger partial charge in [0.25, 0.3) is 0 Å². The molecular weight excluding hydrogens is 522 g/mol. The molecule has 1 aromatic carbocycles. The highest BCUT2D eigenvalue weighted by Crippen LogP contribution is 2.38. The smallest absolute Gasteiger partial charge is 0.407 e. The van der Waals surface area contributed by atoms with Crippen LogP contribution in [-0.4, -0.2) is 60.7 Å². The van der Waals surface area contributed by atoms with Crippen LogP contribution in [0.25, 0.3) is 11.2 Å². The molecule has 1 saturated carbocycles. The first-order chi connectivity index (χ1) is 18.2. The van der Waals surface area contributed by atoms with Gasteiger partial charge in [0.05, 0.1) is 16.9 Å². The number of nitrogens with two attached hydrogens (primary N) is 1. The van der Waals surface area contributed by atoms with Gasteiger partial charge in [-0.1, -0.05) is 11.6 Å². The Bertz CT molecular complexity index is 1360. The number of nitrogens with one attached hydrogen (secondary N) is 2. The first-order valence-corrected chi connectivity index (χ1v) is 12.8. The quantitative estimate of drug-likeness (QED) is 0.356. The summed E-state index contributed by atoms with van der Waals surface area (Å²) in [5, 5.41) is 15.3. The third kappa shape index (κ3) is 5.28. The van der Waals surface area contributed by atoms with Gasteiger partial charge in [-0.15, -0.1) is 0 Å². The maximum atomic E-state index is 14.6. The molecule has 5 rings (SSSR count). The van der Waals surface area contributed by atoms with Crippen LogP contribution in [0.1, 0.15) is 44.6 Å². The zero-order valence-electron chi connectivity index (χ0n) is 20.3. The van der Waals surface area contributed by atoms with E-state index >= 15 is 0 Å². The minimum Gasteiger partial charge on any atom is -0.465 e. The Labute approximate surface area is 221 Å². The highest BCUT2D eigenvalue weighted by Gasteiger charge is 2.30. The van der Waals surface area contributed by atoms with Crippen LogP contribution in [0.4, 0.5) is 31.2 Å². The van der Waals surface area contributed by atoms with Crippen LogP contribution in [0.5, 0.6) is 0 Å². The fourth-order valence-corrected chi connectivity index (χ4v) is 5.48. The summed E-state index contributed by atoms with van der Waals surface area (Å²) in [5.74, 6) is -1.69. The number of carbonyl (C=O) groups is 2. The van der Waals surface area contributed by atoms with E-state index in [1.54, 1.807) is 0 Å². The Hall–Kier alpha value is -3.74. The van der Waals surface area contributed by atoms with E-state index in [1.165, 1.54) is 11.1 Å². The van der Waals surface area contributed by atoms with Gasteiger partial charge in [0, 0.05) is 37.2 Å². The molecule has 2 aliphatic rings.